The van der Waals surface area contributed by atoms with E-state index in [2.05, 4.69) is 11.4 Å². The van der Waals surface area contributed by atoms with Gasteiger partial charge in [-0.25, -0.2) is 8.78 Å². The number of aryl methyl sites for hydroxylation is 1. The van der Waals surface area contributed by atoms with E-state index < -0.39 is 11.6 Å². The summed E-state index contributed by atoms with van der Waals surface area (Å²) in [6.45, 7) is -0.232. The number of carbonyl (C=O) groups is 1. The van der Waals surface area contributed by atoms with E-state index in [1.165, 1.54) is 11.6 Å². The zero-order valence-corrected chi connectivity index (χ0v) is 12.5. The average Bonchev–Trinajstić information content (AvgIpc) is 2.56. The number of carbonyl (C=O) groups excluding carboxylic acids is 1. The molecule has 1 N–H and O–H groups in total. The Morgan fingerprint density at radius 3 is 2.83 bits per heavy atom. The Labute approximate surface area is 133 Å². The minimum Gasteiger partial charge on any atom is -0.484 e. The Kier molecular flexibility index (Phi) is 4.55. The second-order valence-corrected chi connectivity index (χ2v) is 5.58. The first-order chi connectivity index (χ1) is 11.1. The summed E-state index contributed by atoms with van der Waals surface area (Å²) in [5.41, 5.74) is 2.39. The van der Waals surface area contributed by atoms with Crippen LogP contribution < -0.4 is 10.1 Å². The summed E-state index contributed by atoms with van der Waals surface area (Å²) in [6.07, 6.45) is 2.92. The van der Waals surface area contributed by atoms with Gasteiger partial charge in [-0.3, -0.25) is 4.79 Å². The van der Waals surface area contributed by atoms with E-state index in [-0.39, 0.29) is 24.3 Å². The molecule has 0 saturated carbocycles. The third-order valence-corrected chi connectivity index (χ3v) is 3.97. The summed E-state index contributed by atoms with van der Waals surface area (Å²) in [5.74, 6) is -2.09. The van der Waals surface area contributed by atoms with Crippen LogP contribution in [0.15, 0.2) is 42.5 Å². The van der Waals surface area contributed by atoms with Gasteiger partial charge >= 0.3 is 0 Å². The Balaban J connectivity index is 1.59. The van der Waals surface area contributed by atoms with Crippen molar-refractivity contribution in [2.45, 2.75) is 25.3 Å². The summed E-state index contributed by atoms with van der Waals surface area (Å²) >= 11 is 0. The predicted octanol–water partition coefficient (Wildman–Crippen LogP) is 3.54. The van der Waals surface area contributed by atoms with Crippen LogP contribution in [-0.4, -0.2) is 12.5 Å². The fourth-order valence-electron chi connectivity index (χ4n) is 2.86. The summed E-state index contributed by atoms with van der Waals surface area (Å²) in [7, 11) is 0. The molecule has 0 heterocycles. The fraction of sp³-hybridized carbons (Fsp3) is 0.278. The number of benzene rings is 2. The van der Waals surface area contributed by atoms with Gasteiger partial charge in [0.15, 0.2) is 18.2 Å². The normalized spacial score (nSPS) is 16.5. The van der Waals surface area contributed by atoms with Gasteiger partial charge in [-0.1, -0.05) is 24.3 Å². The number of fused-ring (bicyclic) bond motifs is 1. The highest BCUT2D eigenvalue weighted by atomic mass is 19.2. The maximum atomic E-state index is 13.1. The van der Waals surface area contributed by atoms with Crippen LogP contribution in [0.4, 0.5) is 8.78 Å². The Hall–Kier alpha value is -2.43. The van der Waals surface area contributed by atoms with Crippen LogP contribution in [-0.2, 0) is 11.2 Å². The maximum absolute atomic E-state index is 13.1. The number of hydrogen-bond donors (Lipinski definition) is 1. The minimum absolute atomic E-state index is 0.0268. The summed E-state index contributed by atoms with van der Waals surface area (Å²) in [6, 6.07) is 11.2. The molecule has 120 valence electrons. The Morgan fingerprint density at radius 2 is 2.00 bits per heavy atom. The van der Waals surface area contributed by atoms with Crippen molar-refractivity contribution in [3.8, 4) is 5.75 Å². The summed E-state index contributed by atoms with van der Waals surface area (Å²) < 4.78 is 31.1. The number of hydrogen-bond acceptors (Lipinski definition) is 2. The summed E-state index contributed by atoms with van der Waals surface area (Å²) in [4.78, 5) is 12.0. The van der Waals surface area contributed by atoms with Gasteiger partial charge in [-0.15, -0.1) is 0 Å². The van der Waals surface area contributed by atoms with Crippen LogP contribution in [0.2, 0.25) is 0 Å². The average molecular weight is 317 g/mol. The largest absolute Gasteiger partial charge is 0.484 e. The van der Waals surface area contributed by atoms with Gasteiger partial charge in [0.25, 0.3) is 5.91 Å². The molecule has 0 saturated heterocycles. The monoisotopic (exact) mass is 317 g/mol. The first kappa shape index (κ1) is 15.5. The molecule has 0 bridgehead atoms. The van der Waals surface area contributed by atoms with Crippen molar-refractivity contribution in [3.05, 3.63) is 65.2 Å². The molecule has 1 aliphatic carbocycles. The van der Waals surface area contributed by atoms with Gasteiger partial charge in [0.05, 0.1) is 6.04 Å². The molecule has 1 aliphatic rings. The molecule has 23 heavy (non-hydrogen) atoms. The molecule has 1 atom stereocenters. The zero-order valence-electron chi connectivity index (χ0n) is 12.5. The lowest BCUT2D eigenvalue weighted by atomic mass is 9.88. The van der Waals surface area contributed by atoms with Crippen LogP contribution in [0.1, 0.15) is 30.0 Å². The number of amides is 1. The maximum Gasteiger partial charge on any atom is 0.258 e. The van der Waals surface area contributed by atoms with Gasteiger partial charge in [-0.2, -0.15) is 0 Å². The Bertz CT molecular complexity index is 718. The summed E-state index contributed by atoms with van der Waals surface area (Å²) in [5, 5.41) is 2.94. The number of halogens is 2. The fourth-order valence-corrected chi connectivity index (χ4v) is 2.86. The molecule has 0 radical (unpaired) electrons. The molecule has 2 aromatic carbocycles. The lowest BCUT2D eigenvalue weighted by Crippen LogP contribution is -2.34. The van der Waals surface area contributed by atoms with E-state index in [0.717, 1.165) is 37.0 Å². The van der Waals surface area contributed by atoms with Crippen molar-refractivity contribution in [2.24, 2.45) is 0 Å². The van der Waals surface area contributed by atoms with Crippen molar-refractivity contribution in [2.75, 3.05) is 6.61 Å². The molecule has 5 heteroatoms. The first-order valence-electron chi connectivity index (χ1n) is 7.58. The smallest absolute Gasteiger partial charge is 0.258 e. The molecule has 0 unspecified atom stereocenters. The van der Waals surface area contributed by atoms with Crippen LogP contribution in [0.3, 0.4) is 0 Å². The van der Waals surface area contributed by atoms with Gasteiger partial charge in [0, 0.05) is 6.07 Å². The molecule has 2 aromatic rings. The lowest BCUT2D eigenvalue weighted by molar-refractivity contribution is -0.124. The van der Waals surface area contributed by atoms with Gasteiger partial charge in [0.1, 0.15) is 5.75 Å². The van der Waals surface area contributed by atoms with E-state index in [1.807, 2.05) is 18.2 Å². The zero-order chi connectivity index (χ0) is 16.2. The third-order valence-electron chi connectivity index (χ3n) is 3.97. The van der Waals surface area contributed by atoms with Crippen LogP contribution >= 0.6 is 0 Å². The van der Waals surface area contributed by atoms with Crippen molar-refractivity contribution in [1.29, 1.82) is 0 Å². The highest BCUT2D eigenvalue weighted by Crippen LogP contribution is 2.29. The topological polar surface area (TPSA) is 38.3 Å². The molecule has 0 fully saturated rings. The second-order valence-electron chi connectivity index (χ2n) is 5.58. The molecule has 0 spiro atoms. The highest BCUT2D eigenvalue weighted by molar-refractivity contribution is 5.78. The second kappa shape index (κ2) is 6.77. The number of rotatable bonds is 4. The molecular weight excluding hydrogens is 300 g/mol. The van der Waals surface area contributed by atoms with Crippen molar-refractivity contribution >= 4 is 5.91 Å². The van der Waals surface area contributed by atoms with E-state index in [1.54, 1.807) is 0 Å². The van der Waals surface area contributed by atoms with Gasteiger partial charge in [0.2, 0.25) is 0 Å². The van der Waals surface area contributed by atoms with Crippen molar-refractivity contribution < 1.29 is 18.3 Å². The molecule has 1 amide bonds. The third kappa shape index (κ3) is 3.67. The highest BCUT2D eigenvalue weighted by Gasteiger charge is 2.21. The first-order valence-corrected chi connectivity index (χ1v) is 7.58. The molecule has 3 nitrogen and oxygen atoms in total. The van der Waals surface area contributed by atoms with E-state index in [4.69, 9.17) is 4.74 Å². The van der Waals surface area contributed by atoms with E-state index >= 15 is 0 Å². The Morgan fingerprint density at radius 1 is 1.17 bits per heavy atom. The molecule has 3 rings (SSSR count). The molecule has 0 aromatic heterocycles. The van der Waals surface area contributed by atoms with Crippen LogP contribution in [0.5, 0.6) is 5.75 Å². The van der Waals surface area contributed by atoms with Crippen molar-refractivity contribution in [3.63, 3.8) is 0 Å². The lowest BCUT2D eigenvalue weighted by Gasteiger charge is -2.26. The van der Waals surface area contributed by atoms with E-state index in [0.29, 0.717) is 0 Å². The van der Waals surface area contributed by atoms with Crippen LogP contribution in [0.25, 0.3) is 0 Å². The van der Waals surface area contributed by atoms with Gasteiger partial charge < -0.3 is 10.1 Å². The quantitative estimate of drug-likeness (QED) is 0.937. The predicted molar refractivity (Wildman–Crippen MR) is 82.1 cm³/mol. The van der Waals surface area contributed by atoms with Gasteiger partial charge in [-0.05, 0) is 42.5 Å². The molecular formula is C18H17F2NO2. The number of nitrogens with one attached hydrogen (secondary N) is 1. The van der Waals surface area contributed by atoms with E-state index in [9.17, 15) is 13.6 Å². The number of ether oxygens (including phenoxy) is 1. The minimum atomic E-state index is -0.996. The SMILES string of the molecule is O=C(COc1ccc(F)c(F)c1)N[C@@H]1CCCc2ccccc21. The van der Waals surface area contributed by atoms with Crippen LogP contribution in [0, 0.1) is 11.6 Å². The van der Waals surface area contributed by atoms with Crippen molar-refractivity contribution in [1.82, 2.24) is 5.32 Å². The standard InChI is InChI=1S/C18H17F2NO2/c19-15-9-8-13(10-16(15)20)23-11-18(22)21-17-7-3-5-12-4-1-2-6-14(12)17/h1-2,4,6,8-10,17H,3,5,7,11H2,(H,21,22)/t17-/m1/s1. The molecule has 0 aliphatic heterocycles.